The van der Waals surface area contributed by atoms with Crippen LogP contribution in [0.5, 0.6) is 0 Å². The van der Waals surface area contributed by atoms with Gasteiger partial charge in [0.1, 0.15) is 11.5 Å². The van der Waals surface area contributed by atoms with Crippen molar-refractivity contribution in [1.82, 2.24) is 15.2 Å². The van der Waals surface area contributed by atoms with Crippen molar-refractivity contribution in [2.24, 2.45) is 0 Å². The third-order valence-electron chi connectivity index (χ3n) is 2.22. The van der Waals surface area contributed by atoms with E-state index in [1.165, 1.54) is 23.9 Å². The van der Waals surface area contributed by atoms with E-state index in [0.29, 0.717) is 17.3 Å². The van der Waals surface area contributed by atoms with Gasteiger partial charge in [-0.3, -0.25) is 9.78 Å². The first-order valence-electron chi connectivity index (χ1n) is 4.93. The van der Waals surface area contributed by atoms with E-state index in [2.05, 4.69) is 15.2 Å². The zero-order chi connectivity index (χ0) is 12.3. The highest BCUT2D eigenvalue weighted by molar-refractivity contribution is 7.98. The molecule has 0 unspecified atom stereocenters. The average molecular weight is 251 g/mol. The first kappa shape index (κ1) is 11.8. The van der Waals surface area contributed by atoms with Crippen molar-refractivity contribution < 1.29 is 4.39 Å². The molecule has 1 aromatic carbocycles. The summed E-state index contributed by atoms with van der Waals surface area (Å²) in [5, 5.41) is 8.20. The minimum Gasteiger partial charge on any atom is -0.298 e. The molecule has 0 saturated heterocycles. The fourth-order valence-electron chi connectivity index (χ4n) is 1.35. The van der Waals surface area contributed by atoms with E-state index >= 15 is 0 Å². The van der Waals surface area contributed by atoms with Crippen molar-refractivity contribution in [3.05, 3.63) is 51.7 Å². The van der Waals surface area contributed by atoms with Crippen LogP contribution in [-0.4, -0.2) is 21.4 Å². The predicted molar refractivity (Wildman–Crippen MR) is 63.6 cm³/mol. The molecule has 6 heteroatoms. The smallest absolute Gasteiger partial charge is 0.273 e. The molecule has 0 spiro atoms. The molecule has 88 valence electrons. The van der Waals surface area contributed by atoms with E-state index in [9.17, 15) is 9.18 Å². The van der Waals surface area contributed by atoms with Gasteiger partial charge >= 0.3 is 0 Å². The third kappa shape index (κ3) is 2.91. The summed E-state index contributed by atoms with van der Waals surface area (Å²) in [7, 11) is 0. The number of H-pyrrole nitrogens is 1. The van der Waals surface area contributed by atoms with E-state index < -0.39 is 0 Å². The van der Waals surface area contributed by atoms with Crippen LogP contribution in [0.4, 0.5) is 4.39 Å². The van der Waals surface area contributed by atoms with Crippen LogP contribution < -0.4 is 5.56 Å². The molecule has 0 bridgehead atoms. The number of aromatic nitrogens is 3. The average Bonchev–Trinajstić information content (AvgIpc) is 2.34. The maximum Gasteiger partial charge on any atom is 0.273 e. The lowest BCUT2D eigenvalue weighted by Crippen LogP contribution is -2.17. The van der Waals surface area contributed by atoms with Crippen LogP contribution in [0.2, 0.25) is 0 Å². The van der Waals surface area contributed by atoms with Gasteiger partial charge in [0.15, 0.2) is 5.16 Å². The van der Waals surface area contributed by atoms with Crippen LogP contribution in [0, 0.1) is 5.82 Å². The Kier molecular flexibility index (Phi) is 3.53. The van der Waals surface area contributed by atoms with Crippen molar-refractivity contribution in [1.29, 1.82) is 0 Å². The Hall–Kier alpha value is -1.69. The van der Waals surface area contributed by atoms with Crippen LogP contribution in [-0.2, 0) is 6.42 Å². The zero-order valence-corrected chi connectivity index (χ0v) is 9.92. The van der Waals surface area contributed by atoms with Crippen molar-refractivity contribution in [2.75, 3.05) is 6.26 Å². The minimum absolute atomic E-state index is 0.256. The lowest BCUT2D eigenvalue weighted by atomic mass is 10.1. The van der Waals surface area contributed by atoms with Gasteiger partial charge in [0.25, 0.3) is 5.56 Å². The number of hydrogen-bond donors (Lipinski definition) is 1. The van der Waals surface area contributed by atoms with E-state index in [-0.39, 0.29) is 11.4 Å². The van der Waals surface area contributed by atoms with Gasteiger partial charge in [-0.15, -0.1) is 10.2 Å². The molecular formula is C11H10FN3OS. The fourth-order valence-corrected chi connectivity index (χ4v) is 1.67. The van der Waals surface area contributed by atoms with Gasteiger partial charge in [0.05, 0.1) is 0 Å². The van der Waals surface area contributed by atoms with E-state index in [4.69, 9.17) is 0 Å². The number of nitrogens with zero attached hydrogens (tertiary/aromatic N) is 2. The number of aromatic amines is 1. The van der Waals surface area contributed by atoms with E-state index in [1.807, 2.05) is 0 Å². The number of halogens is 1. The third-order valence-corrected chi connectivity index (χ3v) is 2.79. The number of hydrogen-bond acceptors (Lipinski definition) is 4. The van der Waals surface area contributed by atoms with Gasteiger partial charge in [-0.05, 0) is 24.0 Å². The maximum absolute atomic E-state index is 12.7. The van der Waals surface area contributed by atoms with Gasteiger partial charge < -0.3 is 0 Å². The summed E-state index contributed by atoms with van der Waals surface area (Å²) in [4.78, 5) is 14.2. The standard InChI is InChI=1S/C11H10FN3OS/c1-17-11-13-10(16)9(14-15-11)6-7-2-4-8(12)5-3-7/h2-5H,6H2,1H3,(H,13,15,16). The lowest BCUT2D eigenvalue weighted by Gasteiger charge is -2.00. The van der Waals surface area contributed by atoms with Crippen molar-refractivity contribution >= 4 is 11.8 Å². The van der Waals surface area contributed by atoms with E-state index in [0.717, 1.165) is 5.56 Å². The molecule has 17 heavy (non-hydrogen) atoms. The fraction of sp³-hybridized carbons (Fsp3) is 0.182. The van der Waals surface area contributed by atoms with Crippen LogP contribution in [0.15, 0.2) is 34.2 Å². The summed E-state index contributed by atoms with van der Waals surface area (Å²) in [5.74, 6) is -0.300. The summed E-state index contributed by atoms with van der Waals surface area (Å²) < 4.78 is 12.7. The highest BCUT2D eigenvalue weighted by Crippen LogP contribution is 2.07. The van der Waals surface area contributed by atoms with Gasteiger partial charge in [-0.2, -0.15) is 0 Å². The number of benzene rings is 1. The SMILES string of the molecule is CSc1nnc(Cc2ccc(F)cc2)c(=O)[nH]1. The van der Waals surface area contributed by atoms with Gasteiger partial charge in [-0.25, -0.2) is 4.39 Å². The quantitative estimate of drug-likeness (QED) is 0.842. The molecule has 0 aliphatic carbocycles. The summed E-state index contributed by atoms with van der Waals surface area (Å²) in [6.07, 6.45) is 2.15. The Morgan fingerprint density at radius 1 is 1.29 bits per heavy atom. The van der Waals surface area contributed by atoms with Crippen molar-refractivity contribution in [2.45, 2.75) is 11.6 Å². The minimum atomic E-state index is -0.300. The lowest BCUT2D eigenvalue weighted by molar-refractivity contribution is 0.627. The molecule has 4 nitrogen and oxygen atoms in total. The molecule has 0 aliphatic rings. The number of thioether (sulfide) groups is 1. The maximum atomic E-state index is 12.7. The second kappa shape index (κ2) is 5.09. The second-order valence-corrected chi connectivity index (χ2v) is 4.21. The number of nitrogens with one attached hydrogen (secondary N) is 1. The van der Waals surface area contributed by atoms with Gasteiger partial charge in [-0.1, -0.05) is 23.9 Å². The van der Waals surface area contributed by atoms with Crippen LogP contribution in [0.1, 0.15) is 11.3 Å². The van der Waals surface area contributed by atoms with Crippen LogP contribution >= 0.6 is 11.8 Å². The molecule has 0 saturated carbocycles. The highest BCUT2D eigenvalue weighted by atomic mass is 32.2. The predicted octanol–water partition coefficient (Wildman–Crippen LogP) is 1.62. The molecule has 1 N–H and O–H groups in total. The topological polar surface area (TPSA) is 58.6 Å². The summed E-state index contributed by atoms with van der Waals surface area (Å²) in [6.45, 7) is 0. The molecule has 0 amide bonds. The summed E-state index contributed by atoms with van der Waals surface area (Å²) >= 11 is 1.32. The first-order chi connectivity index (χ1) is 8.19. The van der Waals surface area contributed by atoms with Crippen LogP contribution in [0.25, 0.3) is 0 Å². The normalized spacial score (nSPS) is 10.5. The molecule has 2 aromatic rings. The molecule has 0 radical (unpaired) electrons. The summed E-state index contributed by atoms with van der Waals surface area (Å²) in [6, 6.07) is 5.96. The Balaban J connectivity index is 2.24. The largest absolute Gasteiger partial charge is 0.298 e. The summed E-state index contributed by atoms with van der Waals surface area (Å²) in [5.41, 5.74) is 0.895. The Morgan fingerprint density at radius 2 is 2.00 bits per heavy atom. The molecule has 0 fully saturated rings. The Morgan fingerprint density at radius 3 is 2.59 bits per heavy atom. The van der Waals surface area contributed by atoms with E-state index in [1.54, 1.807) is 18.4 Å². The van der Waals surface area contributed by atoms with Crippen molar-refractivity contribution in [3.8, 4) is 0 Å². The number of rotatable bonds is 3. The highest BCUT2D eigenvalue weighted by Gasteiger charge is 2.05. The molecule has 2 rings (SSSR count). The van der Waals surface area contributed by atoms with Crippen LogP contribution in [0.3, 0.4) is 0 Å². The Labute approximate surface area is 101 Å². The van der Waals surface area contributed by atoms with Crippen molar-refractivity contribution in [3.63, 3.8) is 0 Å². The molecular weight excluding hydrogens is 241 g/mol. The molecule has 0 aliphatic heterocycles. The van der Waals surface area contributed by atoms with Gasteiger partial charge in [0.2, 0.25) is 0 Å². The second-order valence-electron chi connectivity index (χ2n) is 3.41. The van der Waals surface area contributed by atoms with Gasteiger partial charge in [0, 0.05) is 6.42 Å². The molecule has 1 heterocycles. The monoisotopic (exact) mass is 251 g/mol. The first-order valence-corrected chi connectivity index (χ1v) is 6.16. The molecule has 1 aromatic heterocycles. The zero-order valence-electron chi connectivity index (χ0n) is 9.11. The Bertz CT molecular complexity index is 568. The molecule has 0 atom stereocenters.